The fourth-order valence-electron chi connectivity index (χ4n) is 1.62. The number of hydrogen-bond donors (Lipinski definition) is 0. The second-order valence-electron chi connectivity index (χ2n) is 3.72. The number of rotatable bonds is 3. The molecule has 2 rings (SSSR count). The van der Waals surface area contributed by atoms with Crippen molar-refractivity contribution in [2.24, 2.45) is 5.92 Å². The first-order valence-corrected chi connectivity index (χ1v) is 6.23. The Labute approximate surface area is 93.5 Å². The molecule has 0 saturated carbocycles. The molecular weight excluding hydrogens is 212 g/mol. The van der Waals surface area contributed by atoms with Gasteiger partial charge in [0.15, 0.2) is 0 Å². The van der Waals surface area contributed by atoms with Crippen molar-refractivity contribution < 1.29 is 0 Å². The number of fused-ring (bicyclic) bond motifs is 1. The third-order valence-electron chi connectivity index (χ3n) is 2.39. The lowest BCUT2D eigenvalue weighted by Gasteiger charge is -2.05. The van der Waals surface area contributed by atoms with Crippen molar-refractivity contribution in [2.45, 2.75) is 13.3 Å². The van der Waals surface area contributed by atoms with Gasteiger partial charge in [-0.15, -0.1) is 22.9 Å². The first kappa shape index (κ1) is 10.0. The average molecular weight is 225 g/mol. The summed E-state index contributed by atoms with van der Waals surface area (Å²) >= 11 is 7.65. The fourth-order valence-corrected chi connectivity index (χ4v) is 2.71. The van der Waals surface area contributed by atoms with Crippen LogP contribution in [0.3, 0.4) is 0 Å². The van der Waals surface area contributed by atoms with E-state index >= 15 is 0 Å². The van der Waals surface area contributed by atoms with Gasteiger partial charge in [0.25, 0.3) is 0 Å². The maximum absolute atomic E-state index is 5.82. The zero-order valence-electron chi connectivity index (χ0n) is 8.16. The van der Waals surface area contributed by atoms with Gasteiger partial charge in [-0.25, -0.2) is 0 Å². The zero-order chi connectivity index (χ0) is 9.97. The second-order valence-corrected chi connectivity index (χ2v) is 4.94. The highest BCUT2D eigenvalue weighted by atomic mass is 35.5. The highest BCUT2D eigenvalue weighted by Crippen LogP contribution is 2.27. The molecule has 0 nitrogen and oxygen atoms in total. The Kier molecular flexibility index (Phi) is 3.09. The van der Waals surface area contributed by atoms with Crippen LogP contribution in [-0.2, 0) is 6.42 Å². The lowest BCUT2D eigenvalue weighted by molar-refractivity contribution is 0.659. The molecule has 1 atom stereocenters. The van der Waals surface area contributed by atoms with Crippen LogP contribution < -0.4 is 0 Å². The van der Waals surface area contributed by atoms with E-state index in [4.69, 9.17) is 11.6 Å². The fraction of sp³-hybridized carbons (Fsp3) is 0.333. The van der Waals surface area contributed by atoms with E-state index in [2.05, 4.69) is 36.6 Å². The van der Waals surface area contributed by atoms with Crippen molar-refractivity contribution in [3.63, 3.8) is 0 Å². The monoisotopic (exact) mass is 224 g/mol. The van der Waals surface area contributed by atoms with Crippen molar-refractivity contribution in [2.75, 3.05) is 5.88 Å². The van der Waals surface area contributed by atoms with Crippen molar-refractivity contribution in [1.29, 1.82) is 0 Å². The summed E-state index contributed by atoms with van der Waals surface area (Å²) in [6, 6.07) is 8.56. The molecule has 0 N–H and O–H groups in total. The predicted octanol–water partition coefficient (Wildman–Crippen LogP) is 4.32. The molecule has 0 aliphatic carbocycles. The Morgan fingerprint density at radius 2 is 2.14 bits per heavy atom. The summed E-state index contributed by atoms with van der Waals surface area (Å²) in [6.45, 7) is 2.19. The van der Waals surface area contributed by atoms with Gasteiger partial charge in [-0.2, -0.15) is 0 Å². The molecule has 0 spiro atoms. The summed E-state index contributed by atoms with van der Waals surface area (Å²) in [7, 11) is 0. The average Bonchev–Trinajstić information content (AvgIpc) is 2.62. The molecule has 2 heteroatoms. The quantitative estimate of drug-likeness (QED) is 0.682. The summed E-state index contributed by atoms with van der Waals surface area (Å²) in [6.07, 6.45) is 1.09. The van der Waals surface area contributed by atoms with Crippen molar-refractivity contribution in [3.8, 4) is 0 Å². The Morgan fingerprint density at radius 3 is 2.93 bits per heavy atom. The van der Waals surface area contributed by atoms with Gasteiger partial charge < -0.3 is 0 Å². The standard InChI is InChI=1S/C12H13ClS/c1-9(7-13)6-10-8-14-12-5-3-2-4-11(10)12/h2-5,8-9H,6-7H2,1H3. The topological polar surface area (TPSA) is 0 Å². The van der Waals surface area contributed by atoms with Crippen LogP contribution in [0.5, 0.6) is 0 Å². The van der Waals surface area contributed by atoms with Gasteiger partial charge in [-0.05, 0) is 34.7 Å². The number of hydrogen-bond acceptors (Lipinski definition) is 1. The van der Waals surface area contributed by atoms with Gasteiger partial charge in [0.1, 0.15) is 0 Å². The van der Waals surface area contributed by atoms with Gasteiger partial charge >= 0.3 is 0 Å². The van der Waals surface area contributed by atoms with Crippen molar-refractivity contribution >= 4 is 33.0 Å². The third kappa shape index (κ3) is 1.94. The van der Waals surface area contributed by atoms with Crippen LogP contribution in [0, 0.1) is 5.92 Å². The molecular formula is C12H13ClS. The lowest BCUT2D eigenvalue weighted by atomic mass is 10.0. The van der Waals surface area contributed by atoms with E-state index in [1.165, 1.54) is 15.6 Å². The predicted molar refractivity (Wildman–Crippen MR) is 65.4 cm³/mol. The molecule has 0 saturated heterocycles. The maximum Gasteiger partial charge on any atom is 0.0345 e. The van der Waals surface area contributed by atoms with Gasteiger partial charge in [0.05, 0.1) is 0 Å². The van der Waals surface area contributed by atoms with E-state index in [-0.39, 0.29) is 0 Å². The Balaban J connectivity index is 2.33. The minimum Gasteiger partial charge on any atom is -0.144 e. The van der Waals surface area contributed by atoms with Gasteiger partial charge in [0, 0.05) is 10.6 Å². The largest absolute Gasteiger partial charge is 0.144 e. The van der Waals surface area contributed by atoms with E-state index in [9.17, 15) is 0 Å². The van der Waals surface area contributed by atoms with E-state index in [1.807, 2.05) is 11.3 Å². The molecule has 14 heavy (non-hydrogen) atoms. The normalized spacial score (nSPS) is 13.3. The van der Waals surface area contributed by atoms with Crippen LogP contribution in [0.15, 0.2) is 29.6 Å². The van der Waals surface area contributed by atoms with Crippen LogP contribution >= 0.6 is 22.9 Å². The molecule has 0 fully saturated rings. The highest BCUT2D eigenvalue weighted by molar-refractivity contribution is 7.17. The Bertz CT molecular complexity index is 419. The van der Waals surface area contributed by atoms with Gasteiger partial charge in [-0.3, -0.25) is 0 Å². The molecule has 2 aromatic rings. The smallest absolute Gasteiger partial charge is 0.0345 e. The molecule has 74 valence electrons. The van der Waals surface area contributed by atoms with E-state index in [0.29, 0.717) is 5.92 Å². The van der Waals surface area contributed by atoms with E-state index < -0.39 is 0 Å². The number of benzene rings is 1. The molecule has 1 aromatic heterocycles. The number of halogens is 1. The van der Waals surface area contributed by atoms with Crippen molar-refractivity contribution in [1.82, 2.24) is 0 Å². The number of alkyl halides is 1. The van der Waals surface area contributed by atoms with Gasteiger partial charge in [-0.1, -0.05) is 25.1 Å². The maximum atomic E-state index is 5.82. The van der Waals surface area contributed by atoms with Crippen LogP contribution in [0.4, 0.5) is 0 Å². The van der Waals surface area contributed by atoms with Crippen LogP contribution in [0.25, 0.3) is 10.1 Å². The molecule has 1 heterocycles. The van der Waals surface area contributed by atoms with Gasteiger partial charge in [0.2, 0.25) is 0 Å². The Hall–Kier alpha value is -0.530. The van der Waals surface area contributed by atoms with Crippen molar-refractivity contribution in [3.05, 3.63) is 35.2 Å². The lowest BCUT2D eigenvalue weighted by Crippen LogP contribution is -1.99. The number of thiophene rings is 1. The van der Waals surface area contributed by atoms with Crippen LogP contribution in [0.2, 0.25) is 0 Å². The summed E-state index contributed by atoms with van der Waals surface area (Å²) in [4.78, 5) is 0. The molecule has 0 radical (unpaired) electrons. The minimum atomic E-state index is 0.565. The second kappa shape index (κ2) is 4.33. The van der Waals surface area contributed by atoms with E-state index in [1.54, 1.807) is 0 Å². The third-order valence-corrected chi connectivity index (χ3v) is 3.93. The summed E-state index contributed by atoms with van der Waals surface area (Å²) < 4.78 is 1.38. The minimum absolute atomic E-state index is 0.565. The summed E-state index contributed by atoms with van der Waals surface area (Å²) in [5, 5.41) is 3.66. The molecule has 0 aliphatic heterocycles. The summed E-state index contributed by atoms with van der Waals surface area (Å²) in [5.41, 5.74) is 1.44. The molecule has 0 aliphatic rings. The Morgan fingerprint density at radius 1 is 1.36 bits per heavy atom. The van der Waals surface area contributed by atoms with Crippen LogP contribution in [-0.4, -0.2) is 5.88 Å². The molecule has 0 bridgehead atoms. The molecule has 0 amide bonds. The molecule has 1 aromatic carbocycles. The first-order valence-electron chi connectivity index (χ1n) is 4.82. The van der Waals surface area contributed by atoms with Crippen LogP contribution in [0.1, 0.15) is 12.5 Å². The van der Waals surface area contributed by atoms with E-state index in [0.717, 1.165) is 12.3 Å². The summed E-state index contributed by atoms with van der Waals surface area (Å²) in [5.74, 6) is 1.30. The highest BCUT2D eigenvalue weighted by Gasteiger charge is 2.07. The SMILES string of the molecule is CC(CCl)Cc1csc2ccccc12. The molecule has 1 unspecified atom stereocenters. The zero-order valence-corrected chi connectivity index (χ0v) is 9.74. The first-order chi connectivity index (χ1) is 6.81.